The Hall–Kier alpha value is -1.61. The van der Waals surface area contributed by atoms with Gasteiger partial charge >= 0.3 is 0 Å². The molecule has 2 aromatic rings. The normalized spacial score (nSPS) is 10.4. The van der Waals surface area contributed by atoms with Crippen molar-refractivity contribution in [3.63, 3.8) is 0 Å². The molecule has 0 saturated carbocycles. The molecule has 0 N–H and O–H groups in total. The first kappa shape index (κ1) is 11.9. The number of rotatable bonds is 2. The smallest absolute Gasteiger partial charge is 0.146 e. The average Bonchev–Trinajstić information content (AvgIpc) is 2.27. The molecule has 0 fully saturated rings. The van der Waals surface area contributed by atoms with Crippen LogP contribution in [0, 0.1) is 18.6 Å². The summed E-state index contributed by atoms with van der Waals surface area (Å²) >= 11 is 5.79. The molecule has 0 bridgehead atoms. The van der Waals surface area contributed by atoms with Gasteiger partial charge in [0, 0.05) is 6.07 Å². The minimum Gasteiger partial charge on any atom is -0.456 e. The number of ether oxygens (including phenoxy) is 1. The Morgan fingerprint density at radius 3 is 2.47 bits per heavy atom. The number of aryl methyl sites for hydroxylation is 1. The number of hydrogen-bond donors (Lipinski definition) is 0. The van der Waals surface area contributed by atoms with Gasteiger partial charge in [-0.1, -0.05) is 17.7 Å². The van der Waals surface area contributed by atoms with Gasteiger partial charge in [-0.15, -0.1) is 0 Å². The van der Waals surface area contributed by atoms with E-state index in [1.54, 1.807) is 19.1 Å². The first-order valence-electron chi connectivity index (χ1n) is 4.95. The molecule has 0 aromatic heterocycles. The van der Waals surface area contributed by atoms with E-state index >= 15 is 0 Å². The molecule has 0 unspecified atom stereocenters. The van der Waals surface area contributed by atoms with E-state index in [4.69, 9.17) is 16.3 Å². The van der Waals surface area contributed by atoms with Crippen LogP contribution in [-0.4, -0.2) is 0 Å². The zero-order valence-corrected chi connectivity index (χ0v) is 9.76. The lowest BCUT2D eigenvalue weighted by Crippen LogP contribution is -1.88. The van der Waals surface area contributed by atoms with E-state index in [1.165, 1.54) is 18.2 Å². The van der Waals surface area contributed by atoms with Crippen molar-refractivity contribution in [2.75, 3.05) is 0 Å². The quantitative estimate of drug-likeness (QED) is 0.754. The first-order valence-corrected chi connectivity index (χ1v) is 5.33. The van der Waals surface area contributed by atoms with Gasteiger partial charge in [-0.05, 0) is 36.8 Å². The van der Waals surface area contributed by atoms with Crippen LogP contribution in [0.1, 0.15) is 5.56 Å². The van der Waals surface area contributed by atoms with Gasteiger partial charge < -0.3 is 4.74 Å². The molecule has 2 aromatic carbocycles. The zero-order valence-electron chi connectivity index (χ0n) is 9.01. The SMILES string of the molecule is Cc1ccc(Oc2ccc(F)cc2Cl)cc1F. The van der Waals surface area contributed by atoms with E-state index in [9.17, 15) is 8.78 Å². The van der Waals surface area contributed by atoms with Gasteiger partial charge in [0.15, 0.2) is 0 Å². The first-order chi connectivity index (χ1) is 8.06. The topological polar surface area (TPSA) is 9.23 Å². The number of hydrogen-bond acceptors (Lipinski definition) is 1. The van der Waals surface area contributed by atoms with Crippen molar-refractivity contribution < 1.29 is 13.5 Å². The van der Waals surface area contributed by atoms with E-state index in [0.29, 0.717) is 11.3 Å². The maximum atomic E-state index is 13.3. The van der Waals surface area contributed by atoms with Crippen LogP contribution in [0.3, 0.4) is 0 Å². The van der Waals surface area contributed by atoms with Crippen molar-refractivity contribution in [2.24, 2.45) is 0 Å². The highest BCUT2D eigenvalue weighted by molar-refractivity contribution is 6.32. The second kappa shape index (κ2) is 4.72. The summed E-state index contributed by atoms with van der Waals surface area (Å²) in [5.41, 5.74) is 0.530. The minimum atomic E-state index is -0.447. The summed E-state index contributed by atoms with van der Waals surface area (Å²) in [6, 6.07) is 8.25. The standard InChI is InChI=1S/C13H9ClF2O/c1-8-2-4-10(7-12(8)16)17-13-5-3-9(15)6-11(13)14/h2-7H,1H3. The van der Waals surface area contributed by atoms with Gasteiger partial charge in [-0.2, -0.15) is 0 Å². The van der Waals surface area contributed by atoms with Crippen molar-refractivity contribution in [2.45, 2.75) is 6.92 Å². The Labute approximate surface area is 103 Å². The van der Waals surface area contributed by atoms with Crippen LogP contribution in [-0.2, 0) is 0 Å². The van der Waals surface area contributed by atoms with Gasteiger partial charge in [-0.3, -0.25) is 0 Å². The lowest BCUT2D eigenvalue weighted by molar-refractivity contribution is 0.474. The molecule has 0 spiro atoms. The molecular weight excluding hydrogens is 246 g/mol. The predicted octanol–water partition coefficient (Wildman–Crippen LogP) is 4.72. The summed E-state index contributed by atoms with van der Waals surface area (Å²) in [5.74, 6) is -0.198. The van der Waals surface area contributed by atoms with Gasteiger partial charge in [0.1, 0.15) is 23.1 Å². The fraction of sp³-hybridized carbons (Fsp3) is 0.0769. The van der Waals surface area contributed by atoms with Crippen LogP contribution in [0.4, 0.5) is 8.78 Å². The third-order valence-electron chi connectivity index (χ3n) is 2.27. The molecule has 0 aliphatic heterocycles. The van der Waals surface area contributed by atoms with Crippen molar-refractivity contribution in [3.05, 3.63) is 58.6 Å². The van der Waals surface area contributed by atoms with Crippen LogP contribution in [0.15, 0.2) is 36.4 Å². The molecule has 0 amide bonds. The lowest BCUT2D eigenvalue weighted by Gasteiger charge is -2.08. The number of benzene rings is 2. The van der Waals surface area contributed by atoms with Crippen LogP contribution in [0.25, 0.3) is 0 Å². The Balaban J connectivity index is 2.28. The molecule has 0 radical (unpaired) electrons. The summed E-state index contributed by atoms with van der Waals surface area (Å²) in [4.78, 5) is 0. The van der Waals surface area contributed by atoms with E-state index in [1.807, 2.05) is 0 Å². The van der Waals surface area contributed by atoms with Crippen LogP contribution >= 0.6 is 11.6 Å². The van der Waals surface area contributed by atoms with E-state index in [-0.39, 0.29) is 16.6 Å². The van der Waals surface area contributed by atoms with Crippen LogP contribution in [0.2, 0.25) is 5.02 Å². The molecule has 0 aliphatic carbocycles. The van der Waals surface area contributed by atoms with Gasteiger partial charge in [0.2, 0.25) is 0 Å². The summed E-state index contributed by atoms with van der Waals surface area (Å²) in [5, 5.41) is 0.144. The fourth-order valence-electron chi connectivity index (χ4n) is 1.32. The monoisotopic (exact) mass is 254 g/mol. The van der Waals surface area contributed by atoms with Crippen molar-refractivity contribution >= 4 is 11.6 Å². The van der Waals surface area contributed by atoms with Gasteiger partial charge in [0.25, 0.3) is 0 Å². The van der Waals surface area contributed by atoms with Crippen molar-refractivity contribution in [3.8, 4) is 11.5 Å². The maximum absolute atomic E-state index is 13.3. The summed E-state index contributed by atoms with van der Waals surface area (Å²) in [6.45, 7) is 1.66. The third kappa shape index (κ3) is 2.74. The van der Waals surface area contributed by atoms with E-state index < -0.39 is 5.82 Å². The molecule has 0 heterocycles. The highest BCUT2D eigenvalue weighted by Gasteiger charge is 2.06. The molecule has 1 nitrogen and oxygen atoms in total. The molecular formula is C13H9ClF2O. The predicted molar refractivity (Wildman–Crippen MR) is 62.6 cm³/mol. The minimum absolute atomic E-state index is 0.144. The molecule has 2 rings (SSSR count). The van der Waals surface area contributed by atoms with Crippen molar-refractivity contribution in [1.29, 1.82) is 0 Å². The molecule has 0 atom stereocenters. The van der Waals surface area contributed by atoms with Crippen LogP contribution in [0.5, 0.6) is 11.5 Å². The van der Waals surface area contributed by atoms with Gasteiger partial charge in [0.05, 0.1) is 5.02 Å². The molecule has 88 valence electrons. The zero-order chi connectivity index (χ0) is 12.4. The van der Waals surface area contributed by atoms with E-state index in [0.717, 1.165) is 6.07 Å². The Morgan fingerprint density at radius 2 is 1.82 bits per heavy atom. The summed E-state index contributed by atoms with van der Waals surface area (Å²) in [7, 11) is 0. The Bertz CT molecular complexity index is 555. The Morgan fingerprint density at radius 1 is 1.06 bits per heavy atom. The highest BCUT2D eigenvalue weighted by atomic mass is 35.5. The highest BCUT2D eigenvalue weighted by Crippen LogP contribution is 2.30. The largest absolute Gasteiger partial charge is 0.456 e. The summed E-state index contributed by atoms with van der Waals surface area (Å²) < 4.78 is 31.4. The fourth-order valence-corrected chi connectivity index (χ4v) is 1.53. The summed E-state index contributed by atoms with van der Waals surface area (Å²) in [6.07, 6.45) is 0. The number of halogens is 3. The Kier molecular flexibility index (Phi) is 3.29. The molecule has 0 saturated heterocycles. The third-order valence-corrected chi connectivity index (χ3v) is 2.56. The molecule has 17 heavy (non-hydrogen) atoms. The lowest BCUT2D eigenvalue weighted by atomic mass is 10.2. The van der Waals surface area contributed by atoms with Crippen molar-refractivity contribution in [1.82, 2.24) is 0 Å². The average molecular weight is 255 g/mol. The maximum Gasteiger partial charge on any atom is 0.146 e. The van der Waals surface area contributed by atoms with Crippen LogP contribution < -0.4 is 4.74 Å². The second-order valence-corrected chi connectivity index (χ2v) is 3.99. The molecule has 4 heteroatoms. The van der Waals surface area contributed by atoms with Gasteiger partial charge in [-0.25, -0.2) is 8.78 Å². The molecule has 0 aliphatic rings. The van der Waals surface area contributed by atoms with E-state index in [2.05, 4.69) is 0 Å². The second-order valence-electron chi connectivity index (χ2n) is 3.59.